The maximum absolute atomic E-state index is 15.2. The number of esters is 2. The average molecular weight is 735 g/mol. The first-order chi connectivity index (χ1) is 26.0. The Morgan fingerprint density at radius 1 is 1.04 bits per heavy atom. The van der Waals surface area contributed by atoms with E-state index >= 15 is 4.79 Å². The summed E-state index contributed by atoms with van der Waals surface area (Å²) in [6.07, 6.45) is 9.38. The number of likely N-dealkylation sites (N-methyl/N-ethyl adjacent to an activating group) is 1. The second kappa shape index (κ2) is 12.4. The minimum Gasteiger partial charge on any atom is -0.496 e. The summed E-state index contributed by atoms with van der Waals surface area (Å²) in [5.74, 6) is -0.301. The highest BCUT2D eigenvalue weighted by atomic mass is 16.5. The van der Waals surface area contributed by atoms with E-state index in [4.69, 9.17) is 14.2 Å². The minimum atomic E-state index is -1.80. The van der Waals surface area contributed by atoms with Gasteiger partial charge < -0.3 is 29.2 Å². The molecule has 286 valence electrons. The molecule has 1 saturated carbocycles. The zero-order chi connectivity index (χ0) is 37.8. The summed E-state index contributed by atoms with van der Waals surface area (Å²) < 4.78 is 17.8. The van der Waals surface area contributed by atoms with Gasteiger partial charge in [0.1, 0.15) is 11.2 Å². The van der Waals surface area contributed by atoms with Crippen molar-refractivity contribution in [2.75, 3.05) is 66.0 Å². The van der Waals surface area contributed by atoms with Gasteiger partial charge in [0, 0.05) is 77.5 Å². The molecule has 1 aromatic heterocycles. The number of ether oxygens (including phenoxy) is 3. The lowest BCUT2D eigenvalue weighted by molar-refractivity contribution is -0.183. The monoisotopic (exact) mass is 734 g/mol. The molecule has 3 aromatic rings. The molecule has 8 atom stereocenters. The van der Waals surface area contributed by atoms with Crippen LogP contribution in [0.25, 0.3) is 10.9 Å². The number of hydrogen-bond acceptors (Lipinski definition) is 9. The molecule has 0 amide bonds. The minimum absolute atomic E-state index is 0.00341. The molecular weight excluding hydrogens is 681 g/mol. The van der Waals surface area contributed by atoms with Gasteiger partial charge in [0.25, 0.3) is 0 Å². The van der Waals surface area contributed by atoms with Crippen molar-refractivity contribution in [3.05, 3.63) is 83.1 Å². The van der Waals surface area contributed by atoms with Crippen LogP contribution < -0.4 is 9.64 Å². The van der Waals surface area contributed by atoms with Crippen molar-refractivity contribution in [3.63, 3.8) is 0 Å². The molecule has 10 nitrogen and oxygen atoms in total. The fraction of sp³-hybridized carbons (Fsp3) is 0.545. The van der Waals surface area contributed by atoms with Crippen molar-refractivity contribution >= 4 is 28.5 Å². The van der Waals surface area contributed by atoms with E-state index in [9.17, 15) is 9.90 Å². The van der Waals surface area contributed by atoms with Gasteiger partial charge in [-0.1, -0.05) is 42.8 Å². The number of carbonyl (C=O) groups excluding carboxylic acids is 2. The van der Waals surface area contributed by atoms with E-state index in [0.717, 1.165) is 104 Å². The van der Waals surface area contributed by atoms with Gasteiger partial charge in [-0.05, 0) is 87.2 Å². The van der Waals surface area contributed by atoms with E-state index in [1.807, 2.05) is 19.2 Å². The molecule has 1 spiro atoms. The van der Waals surface area contributed by atoms with E-state index in [1.54, 1.807) is 7.11 Å². The zero-order valence-corrected chi connectivity index (χ0v) is 32.4. The number of benzene rings is 2. The van der Waals surface area contributed by atoms with Crippen LogP contribution in [0.5, 0.6) is 5.75 Å². The van der Waals surface area contributed by atoms with Gasteiger partial charge >= 0.3 is 11.9 Å². The summed E-state index contributed by atoms with van der Waals surface area (Å²) in [5, 5.41) is 14.0. The molecule has 5 aliphatic heterocycles. The van der Waals surface area contributed by atoms with E-state index in [1.165, 1.54) is 19.8 Å². The predicted molar refractivity (Wildman–Crippen MR) is 208 cm³/mol. The van der Waals surface area contributed by atoms with E-state index < -0.39 is 33.9 Å². The molecule has 54 heavy (non-hydrogen) atoms. The lowest BCUT2D eigenvalue weighted by atomic mass is 9.48. The molecule has 2 N–H and O–H groups in total. The van der Waals surface area contributed by atoms with Crippen molar-refractivity contribution in [3.8, 4) is 5.75 Å². The number of H-pyrrole nitrogens is 1. The Bertz CT molecular complexity index is 2090. The lowest BCUT2D eigenvalue weighted by Gasteiger charge is -2.61. The number of para-hydroxylation sites is 1. The van der Waals surface area contributed by atoms with E-state index in [2.05, 4.69) is 69.6 Å². The SMILES string of the molecule is C=C[C@]12CCCN3CC[C@@]4(c5cc([C@@]6(C(=O)OC)C[C@@H]7C=C(CC)CN(CCc8c6[nH]c6ccccc86)C7)c(OC)cc5N(C)[C@H]4[C@@](O)(C(=O)OC)C1)[C@@H]32. The van der Waals surface area contributed by atoms with Gasteiger partial charge in [-0.3, -0.25) is 14.6 Å². The number of nitrogens with one attached hydrogen (secondary N) is 1. The first-order valence-corrected chi connectivity index (χ1v) is 19.8. The summed E-state index contributed by atoms with van der Waals surface area (Å²) in [6.45, 7) is 11.0. The number of aliphatic hydroxyl groups is 1. The van der Waals surface area contributed by atoms with Crippen LogP contribution in [0.3, 0.4) is 0 Å². The summed E-state index contributed by atoms with van der Waals surface area (Å²) in [5.41, 5.74) is 2.78. The van der Waals surface area contributed by atoms with Crippen LogP contribution in [0.2, 0.25) is 0 Å². The number of aromatic nitrogens is 1. The molecule has 1 aliphatic carbocycles. The van der Waals surface area contributed by atoms with Gasteiger partial charge in [0.2, 0.25) is 0 Å². The summed E-state index contributed by atoms with van der Waals surface area (Å²) in [4.78, 5) is 40.2. The molecule has 1 unspecified atom stereocenters. The maximum atomic E-state index is 15.2. The number of carbonyl (C=O) groups is 2. The van der Waals surface area contributed by atoms with Crippen LogP contribution in [-0.2, 0) is 36.3 Å². The normalized spacial score (nSPS) is 35.4. The molecule has 9 rings (SSSR count). The van der Waals surface area contributed by atoms with Crippen LogP contribution in [-0.4, -0.2) is 111 Å². The standard InChI is InChI=1S/C44H54N4O6/c1-7-27-20-28-23-43(39(49)53-5,36-30(14-18-47(24-27)25-28)29-12-9-10-13-33(29)45-36)32-21-31-34(22-35(32)52-4)46(3)38-42(31)16-19-48-17-11-15-41(8-2,37(42)48)26-44(38,51)40(50)54-6/h8-10,12-13,20-22,28,37-38,45,51H,2,7,11,14-19,23-26H2,1,3-6H3/t28-,37-,38+,41-,42+,43-,44+/m0/s1. The quantitative estimate of drug-likeness (QED) is 0.260. The molecule has 6 aliphatic rings. The third kappa shape index (κ3) is 4.50. The van der Waals surface area contributed by atoms with Gasteiger partial charge in [-0.15, -0.1) is 6.58 Å². The first-order valence-electron chi connectivity index (χ1n) is 19.8. The van der Waals surface area contributed by atoms with Gasteiger partial charge in [-0.2, -0.15) is 0 Å². The summed E-state index contributed by atoms with van der Waals surface area (Å²) >= 11 is 0. The van der Waals surface area contributed by atoms with Crippen molar-refractivity contribution in [2.45, 2.75) is 80.4 Å². The molecular formula is C44H54N4O6. The van der Waals surface area contributed by atoms with Gasteiger partial charge in [0.05, 0.1) is 27.4 Å². The highest BCUT2D eigenvalue weighted by Crippen LogP contribution is 2.68. The number of anilines is 1. The topological polar surface area (TPSA) is 108 Å². The number of aromatic amines is 1. The van der Waals surface area contributed by atoms with Crippen LogP contribution >= 0.6 is 0 Å². The molecule has 2 saturated heterocycles. The molecule has 6 heterocycles. The number of hydrogen-bond donors (Lipinski definition) is 2. The fourth-order valence-corrected chi connectivity index (χ4v) is 12.8. The highest BCUT2D eigenvalue weighted by molar-refractivity contribution is 5.94. The number of fused-ring (bicyclic) bond motifs is 6. The third-order valence-corrected chi connectivity index (χ3v) is 14.7. The Morgan fingerprint density at radius 3 is 2.57 bits per heavy atom. The Morgan fingerprint density at radius 2 is 1.83 bits per heavy atom. The smallest absolute Gasteiger partial charge is 0.340 e. The van der Waals surface area contributed by atoms with Crippen LogP contribution in [0.4, 0.5) is 5.69 Å². The molecule has 2 aromatic carbocycles. The van der Waals surface area contributed by atoms with E-state index in [-0.39, 0.29) is 24.3 Å². The molecule has 3 fully saturated rings. The number of piperidine rings is 1. The Hall–Kier alpha value is -4.12. The molecule has 10 heteroatoms. The van der Waals surface area contributed by atoms with Crippen molar-refractivity contribution < 1.29 is 28.9 Å². The lowest BCUT2D eigenvalue weighted by Crippen LogP contribution is -2.75. The fourth-order valence-electron chi connectivity index (χ4n) is 12.8. The Kier molecular flexibility index (Phi) is 8.20. The van der Waals surface area contributed by atoms with Crippen molar-refractivity contribution in [1.82, 2.24) is 14.8 Å². The van der Waals surface area contributed by atoms with Gasteiger partial charge in [0.15, 0.2) is 5.60 Å². The van der Waals surface area contributed by atoms with Gasteiger partial charge in [-0.25, -0.2) is 4.79 Å². The summed E-state index contributed by atoms with van der Waals surface area (Å²) in [7, 11) is 6.51. The number of rotatable bonds is 6. The molecule has 0 radical (unpaired) electrons. The van der Waals surface area contributed by atoms with Crippen LogP contribution in [0, 0.1) is 11.3 Å². The zero-order valence-electron chi connectivity index (χ0n) is 32.4. The Balaban J connectivity index is 1.36. The number of methoxy groups -OCH3 is 3. The second-order valence-corrected chi connectivity index (χ2v) is 17.0. The predicted octanol–water partition coefficient (Wildman–Crippen LogP) is 5.25. The second-order valence-electron chi connectivity index (χ2n) is 17.0. The Labute approximate surface area is 318 Å². The highest BCUT2D eigenvalue weighted by Gasteiger charge is 2.76. The number of nitrogens with zero attached hydrogens (tertiary/aromatic N) is 3. The largest absolute Gasteiger partial charge is 0.496 e. The molecule has 2 bridgehead atoms. The van der Waals surface area contributed by atoms with E-state index in [0.29, 0.717) is 12.2 Å². The summed E-state index contributed by atoms with van der Waals surface area (Å²) in [6, 6.07) is 12.0. The third-order valence-electron chi connectivity index (χ3n) is 14.7. The maximum Gasteiger partial charge on any atom is 0.340 e. The first kappa shape index (κ1) is 35.6. The van der Waals surface area contributed by atoms with Crippen molar-refractivity contribution in [1.29, 1.82) is 0 Å². The van der Waals surface area contributed by atoms with Crippen molar-refractivity contribution in [2.24, 2.45) is 11.3 Å². The van der Waals surface area contributed by atoms with Crippen LogP contribution in [0.15, 0.2) is 60.7 Å². The van der Waals surface area contributed by atoms with Crippen LogP contribution in [0.1, 0.15) is 67.8 Å². The average Bonchev–Trinajstić information content (AvgIpc) is 3.85.